The molecule has 1 aliphatic heterocycles. The first-order chi connectivity index (χ1) is 13.0. The van der Waals surface area contributed by atoms with Crippen LogP contribution in [-0.4, -0.2) is 64.5 Å². The van der Waals surface area contributed by atoms with Gasteiger partial charge in [-0.1, -0.05) is 17.7 Å². The van der Waals surface area contributed by atoms with Crippen LogP contribution in [0, 0.1) is 6.92 Å². The molecular formula is C19H25N5O3. The molecule has 1 fully saturated rings. The summed E-state index contributed by atoms with van der Waals surface area (Å²) >= 11 is 0. The molecule has 1 aromatic carbocycles. The number of aromatic nitrogens is 2. The molecule has 0 radical (unpaired) electrons. The highest BCUT2D eigenvalue weighted by atomic mass is 16.3. The predicted octanol–water partition coefficient (Wildman–Crippen LogP) is 0.254. The Kier molecular flexibility index (Phi) is 5.88. The van der Waals surface area contributed by atoms with Crippen molar-refractivity contribution in [2.24, 2.45) is 4.99 Å². The highest BCUT2D eigenvalue weighted by Crippen LogP contribution is 2.17. The third-order valence-electron chi connectivity index (χ3n) is 4.71. The van der Waals surface area contributed by atoms with Gasteiger partial charge in [0.05, 0.1) is 12.2 Å². The average Bonchev–Trinajstić information content (AvgIpc) is 2.64. The second-order valence-electron chi connectivity index (χ2n) is 6.69. The van der Waals surface area contributed by atoms with Gasteiger partial charge < -0.3 is 10.4 Å². The number of aromatic amines is 1. The lowest BCUT2D eigenvalue weighted by atomic mass is 10.2. The maximum Gasteiger partial charge on any atom is 0.335 e. The SMILES string of the molecule is CC(=NCCN1CCNCC1)c1c(O)n(-c2ccc(C)cc2)c(=O)[nH]c1=O. The van der Waals surface area contributed by atoms with Gasteiger partial charge in [0.25, 0.3) is 5.56 Å². The van der Waals surface area contributed by atoms with Gasteiger partial charge >= 0.3 is 5.69 Å². The van der Waals surface area contributed by atoms with Gasteiger partial charge in [0.15, 0.2) is 0 Å². The first kappa shape index (κ1) is 19.1. The summed E-state index contributed by atoms with van der Waals surface area (Å²) in [7, 11) is 0. The number of rotatable bonds is 5. The second kappa shape index (κ2) is 8.32. The molecule has 3 N–H and O–H groups in total. The first-order valence-electron chi connectivity index (χ1n) is 9.07. The average molecular weight is 371 g/mol. The zero-order valence-corrected chi connectivity index (χ0v) is 15.7. The van der Waals surface area contributed by atoms with Gasteiger partial charge in [-0.2, -0.15) is 0 Å². The molecule has 1 aliphatic rings. The van der Waals surface area contributed by atoms with Gasteiger partial charge in [0.2, 0.25) is 5.88 Å². The molecule has 0 spiro atoms. The van der Waals surface area contributed by atoms with E-state index in [4.69, 9.17) is 0 Å². The fourth-order valence-electron chi connectivity index (χ4n) is 3.16. The third kappa shape index (κ3) is 4.35. The fourth-order valence-corrected chi connectivity index (χ4v) is 3.16. The zero-order valence-electron chi connectivity index (χ0n) is 15.7. The minimum Gasteiger partial charge on any atom is -0.493 e. The van der Waals surface area contributed by atoms with Crippen LogP contribution in [0.15, 0.2) is 38.8 Å². The van der Waals surface area contributed by atoms with E-state index in [1.54, 1.807) is 19.1 Å². The highest BCUT2D eigenvalue weighted by molar-refractivity contribution is 6.00. The van der Waals surface area contributed by atoms with Crippen LogP contribution in [-0.2, 0) is 0 Å². The van der Waals surface area contributed by atoms with Crippen molar-refractivity contribution in [2.75, 3.05) is 39.3 Å². The first-order valence-corrected chi connectivity index (χ1v) is 9.07. The van der Waals surface area contributed by atoms with Crippen LogP contribution in [0.3, 0.4) is 0 Å². The third-order valence-corrected chi connectivity index (χ3v) is 4.71. The van der Waals surface area contributed by atoms with E-state index in [1.165, 1.54) is 0 Å². The number of aliphatic imine (C=N–C) groups is 1. The van der Waals surface area contributed by atoms with Crippen LogP contribution in [0.4, 0.5) is 0 Å². The summed E-state index contributed by atoms with van der Waals surface area (Å²) in [5, 5.41) is 13.9. The molecule has 27 heavy (non-hydrogen) atoms. The minimum absolute atomic E-state index is 0.0236. The number of aromatic hydroxyl groups is 1. The van der Waals surface area contributed by atoms with E-state index >= 15 is 0 Å². The van der Waals surface area contributed by atoms with Gasteiger partial charge in [-0.05, 0) is 26.0 Å². The van der Waals surface area contributed by atoms with Crippen molar-refractivity contribution in [3.8, 4) is 11.6 Å². The molecular weight excluding hydrogens is 346 g/mol. The van der Waals surface area contributed by atoms with E-state index in [0.717, 1.165) is 42.9 Å². The number of benzene rings is 1. The van der Waals surface area contributed by atoms with Crippen LogP contribution in [0.1, 0.15) is 18.1 Å². The van der Waals surface area contributed by atoms with Gasteiger partial charge in [-0.25, -0.2) is 9.36 Å². The van der Waals surface area contributed by atoms with Crippen molar-refractivity contribution in [3.63, 3.8) is 0 Å². The Morgan fingerprint density at radius 1 is 1.19 bits per heavy atom. The summed E-state index contributed by atoms with van der Waals surface area (Å²) in [6, 6.07) is 7.10. The Hall–Kier alpha value is -2.71. The standard InChI is InChI=1S/C19H25N5O3/c1-13-3-5-15(6-4-13)24-18(26)16(17(25)22-19(24)27)14(2)21-9-12-23-10-7-20-8-11-23/h3-6,20,26H,7-12H2,1-2H3,(H,22,25,27). The van der Waals surface area contributed by atoms with Crippen molar-refractivity contribution >= 4 is 5.71 Å². The molecule has 0 unspecified atom stereocenters. The maximum absolute atomic E-state index is 12.3. The topological polar surface area (TPSA) is 103 Å². The molecule has 0 atom stereocenters. The van der Waals surface area contributed by atoms with E-state index in [9.17, 15) is 14.7 Å². The Labute approximate surface area is 157 Å². The monoisotopic (exact) mass is 371 g/mol. The Morgan fingerprint density at radius 3 is 2.52 bits per heavy atom. The van der Waals surface area contributed by atoms with E-state index < -0.39 is 17.1 Å². The number of hydrogen-bond acceptors (Lipinski definition) is 6. The number of H-pyrrole nitrogens is 1. The van der Waals surface area contributed by atoms with Crippen molar-refractivity contribution in [1.82, 2.24) is 19.8 Å². The van der Waals surface area contributed by atoms with Gasteiger partial charge in [-0.15, -0.1) is 0 Å². The van der Waals surface area contributed by atoms with Crippen LogP contribution < -0.4 is 16.6 Å². The molecule has 3 rings (SSSR count). The lowest BCUT2D eigenvalue weighted by molar-refractivity contribution is 0.247. The van der Waals surface area contributed by atoms with Crippen LogP contribution in [0.2, 0.25) is 0 Å². The molecule has 0 bridgehead atoms. The lowest BCUT2D eigenvalue weighted by Crippen LogP contribution is -2.44. The maximum atomic E-state index is 12.3. The number of piperazine rings is 1. The molecule has 144 valence electrons. The fraction of sp³-hybridized carbons (Fsp3) is 0.421. The van der Waals surface area contributed by atoms with E-state index in [1.807, 2.05) is 19.1 Å². The Morgan fingerprint density at radius 2 is 1.85 bits per heavy atom. The van der Waals surface area contributed by atoms with Gasteiger partial charge in [0.1, 0.15) is 5.56 Å². The summed E-state index contributed by atoms with van der Waals surface area (Å²) in [4.78, 5) is 33.5. The Balaban J connectivity index is 1.89. The minimum atomic E-state index is -0.682. The Bertz CT molecular complexity index is 937. The quantitative estimate of drug-likeness (QED) is 0.654. The molecule has 2 heterocycles. The van der Waals surface area contributed by atoms with E-state index in [0.29, 0.717) is 17.9 Å². The van der Waals surface area contributed by atoms with Crippen molar-refractivity contribution < 1.29 is 5.11 Å². The second-order valence-corrected chi connectivity index (χ2v) is 6.69. The molecule has 8 nitrogen and oxygen atoms in total. The molecule has 0 amide bonds. The van der Waals surface area contributed by atoms with Crippen molar-refractivity contribution in [3.05, 3.63) is 56.2 Å². The summed E-state index contributed by atoms with van der Waals surface area (Å²) in [6.45, 7) is 8.78. The molecule has 8 heteroatoms. The number of aryl methyl sites for hydroxylation is 1. The largest absolute Gasteiger partial charge is 0.493 e. The molecule has 0 saturated carbocycles. The molecule has 0 aliphatic carbocycles. The number of nitrogens with zero attached hydrogens (tertiary/aromatic N) is 3. The summed E-state index contributed by atoms with van der Waals surface area (Å²) in [6.07, 6.45) is 0. The normalized spacial score (nSPS) is 15.9. The lowest BCUT2D eigenvalue weighted by Gasteiger charge is -2.26. The van der Waals surface area contributed by atoms with E-state index in [-0.39, 0.29) is 5.56 Å². The smallest absolute Gasteiger partial charge is 0.335 e. The number of nitrogens with one attached hydrogen (secondary N) is 2. The molecule has 2 aromatic rings. The van der Waals surface area contributed by atoms with Gasteiger partial charge in [-0.3, -0.25) is 19.7 Å². The predicted molar refractivity (Wildman–Crippen MR) is 105 cm³/mol. The summed E-state index contributed by atoms with van der Waals surface area (Å²) < 4.78 is 1.09. The van der Waals surface area contributed by atoms with Crippen molar-refractivity contribution in [2.45, 2.75) is 13.8 Å². The van der Waals surface area contributed by atoms with Crippen LogP contribution in [0.5, 0.6) is 5.88 Å². The van der Waals surface area contributed by atoms with E-state index in [2.05, 4.69) is 20.2 Å². The number of hydrogen-bond donors (Lipinski definition) is 3. The molecule has 1 saturated heterocycles. The van der Waals surface area contributed by atoms with Crippen molar-refractivity contribution in [1.29, 1.82) is 0 Å². The highest BCUT2D eigenvalue weighted by Gasteiger charge is 2.18. The van der Waals surface area contributed by atoms with Gasteiger partial charge in [0, 0.05) is 38.4 Å². The van der Waals surface area contributed by atoms with Crippen LogP contribution in [0.25, 0.3) is 5.69 Å². The zero-order chi connectivity index (χ0) is 19.4. The van der Waals surface area contributed by atoms with Crippen LogP contribution >= 0.6 is 0 Å². The summed E-state index contributed by atoms with van der Waals surface area (Å²) in [5.74, 6) is -0.393. The molecule has 1 aromatic heterocycles. The summed E-state index contributed by atoms with van der Waals surface area (Å²) in [5.41, 5.74) is 0.624.